The highest BCUT2D eigenvalue weighted by Crippen LogP contribution is 2.29. The number of nitriles is 1. The molecule has 0 saturated carbocycles. The minimum Gasteiger partial charge on any atom is -0.365 e. The first kappa shape index (κ1) is 14.3. The third kappa shape index (κ3) is 3.06. The van der Waals surface area contributed by atoms with Gasteiger partial charge in [-0.1, -0.05) is 6.92 Å². The molecule has 1 aromatic carbocycles. The van der Waals surface area contributed by atoms with E-state index in [0.29, 0.717) is 11.3 Å². The lowest BCUT2D eigenvalue weighted by Gasteiger charge is -2.23. The number of benzene rings is 1. The van der Waals surface area contributed by atoms with Gasteiger partial charge in [0.2, 0.25) is 0 Å². The number of rotatable bonds is 3. The molecule has 1 heterocycles. The molecule has 0 aromatic heterocycles. The lowest BCUT2D eigenvalue weighted by molar-refractivity contribution is -0.384. The van der Waals surface area contributed by atoms with Crippen LogP contribution >= 0.6 is 0 Å². The maximum absolute atomic E-state index is 11.2. The summed E-state index contributed by atoms with van der Waals surface area (Å²) in [6, 6.07) is 6.65. The van der Waals surface area contributed by atoms with Crippen LogP contribution in [0.1, 0.15) is 18.9 Å². The Bertz CT molecular complexity index is 538. The fourth-order valence-corrected chi connectivity index (χ4v) is 2.53. The largest absolute Gasteiger partial charge is 0.365 e. The first-order valence-corrected chi connectivity index (χ1v) is 6.81. The molecule has 0 spiro atoms. The van der Waals surface area contributed by atoms with Crippen LogP contribution in [-0.4, -0.2) is 42.5 Å². The van der Waals surface area contributed by atoms with Crippen LogP contribution in [0.4, 0.5) is 11.4 Å². The zero-order chi connectivity index (χ0) is 14.5. The van der Waals surface area contributed by atoms with E-state index in [4.69, 9.17) is 5.26 Å². The molecule has 0 N–H and O–H groups in total. The number of hydrogen-bond acceptors (Lipinski definition) is 5. The standard InChI is InChI=1S/C14H18N4O2/c1-2-16-6-3-7-17(9-8-16)13-5-4-12(11-15)10-14(13)18(19)20/h4-5,10H,2-3,6-9H2,1H3. The maximum atomic E-state index is 11.2. The topological polar surface area (TPSA) is 73.4 Å². The highest BCUT2D eigenvalue weighted by atomic mass is 16.6. The minimum atomic E-state index is -0.404. The Balaban J connectivity index is 2.28. The van der Waals surface area contributed by atoms with Gasteiger partial charge in [0.15, 0.2) is 0 Å². The summed E-state index contributed by atoms with van der Waals surface area (Å²) in [6.07, 6.45) is 0.991. The second-order valence-electron chi connectivity index (χ2n) is 4.85. The molecule has 0 atom stereocenters. The number of nitro groups is 1. The molecule has 1 saturated heterocycles. The molecule has 1 fully saturated rings. The second kappa shape index (κ2) is 6.35. The number of anilines is 1. The van der Waals surface area contributed by atoms with Crippen molar-refractivity contribution in [3.63, 3.8) is 0 Å². The molecule has 1 aliphatic rings. The molecule has 2 rings (SSSR count). The van der Waals surface area contributed by atoms with Crippen LogP contribution in [0.25, 0.3) is 0 Å². The highest BCUT2D eigenvalue weighted by Gasteiger charge is 2.22. The fraction of sp³-hybridized carbons (Fsp3) is 0.500. The highest BCUT2D eigenvalue weighted by molar-refractivity contribution is 5.65. The maximum Gasteiger partial charge on any atom is 0.293 e. The van der Waals surface area contributed by atoms with Gasteiger partial charge in [0.05, 0.1) is 16.6 Å². The van der Waals surface area contributed by atoms with Crippen molar-refractivity contribution in [2.45, 2.75) is 13.3 Å². The van der Waals surface area contributed by atoms with E-state index in [1.54, 1.807) is 12.1 Å². The summed E-state index contributed by atoms with van der Waals surface area (Å²) in [6.45, 7) is 6.65. The first-order valence-electron chi connectivity index (χ1n) is 6.81. The van der Waals surface area contributed by atoms with Gasteiger partial charge in [-0.05, 0) is 31.6 Å². The molecule has 0 bridgehead atoms. The molecule has 106 valence electrons. The van der Waals surface area contributed by atoms with Gasteiger partial charge >= 0.3 is 0 Å². The van der Waals surface area contributed by atoms with Gasteiger partial charge < -0.3 is 9.80 Å². The Labute approximate surface area is 118 Å². The van der Waals surface area contributed by atoms with E-state index in [1.807, 2.05) is 6.07 Å². The molecule has 20 heavy (non-hydrogen) atoms. The molecule has 1 aromatic rings. The Morgan fingerprint density at radius 2 is 2.15 bits per heavy atom. The SMILES string of the molecule is CCN1CCCN(c2ccc(C#N)cc2[N+](=O)[O-])CC1. The molecule has 6 heteroatoms. The monoisotopic (exact) mass is 274 g/mol. The average Bonchev–Trinajstić information content (AvgIpc) is 2.71. The van der Waals surface area contributed by atoms with Crippen LogP contribution in [0.3, 0.4) is 0 Å². The van der Waals surface area contributed by atoms with Gasteiger partial charge in [0.25, 0.3) is 5.69 Å². The molecule has 6 nitrogen and oxygen atoms in total. The third-order valence-corrected chi connectivity index (χ3v) is 3.68. The van der Waals surface area contributed by atoms with Gasteiger partial charge in [-0.15, -0.1) is 0 Å². The van der Waals surface area contributed by atoms with Crippen molar-refractivity contribution in [1.29, 1.82) is 5.26 Å². The number of nitrogens with zero attached hydrogens (tertiary/aromatic N) is 4. The normalized spacial score (nSPS) is 16.5. The number of likely N-dealkylation sites (N-methyl/N-ethyl adjacent to an activating group) is 1. The Morgan fingerprint density at radius 3 is 2.80 bits per heavy atom. The Morgan fingerprint density at radius 1 is 1.35 bits per heavy atom. The molecule has 1 aliphatic heterocycles. The third-order valence-electron chi connectivity index (χ3n) is 3.68. The van der Waals surface area contributed by atoms with Crippen molar-refractivity contribution in [3.05, 3.63) is 33.9 Å². The van der Waals surface area contributed by atoms with Gasteiger partial charge in [0.1, 0.15) is 5.69 Å². The van der Waals surface area contributed by atoms with E-state index in [9.17, 15) is 10.1 Å². The molecule has 0 radical (unpaired) electrons. The summed E-state index contributed by atoms with van der Waals surface area (Å²) in [5.41, 5.74) is 0.964. The van der Waals surface area contributed by atoms with E-state index in [1.165, 1.54) is 6.07 Å². The van der Waals surface area contributed by atoms with Crippen LogP contribution in [0.5, 0.6) is 0 Å². The predicted molar refractivity (Wildman–Crippen MR) is 76.8 cm³/mol. The minimum absolute atomic E-state index is 0.0222. The molecular formula is C14H18N4O2. The van der Waals surface area contributed by atoms with Gasteiger partial charge in [0, 0.05) is 25.7 Å². The summed E-state index contributed by atoms with van der Waals surface area (Å²) >= 11 is 0. The molecular weight excluding hydrogens is 256 g/mol. The van der Waals surface area contributed by atoms with Crippen LogP contribution < -0.4 is 4.90 Å². The smallest absolute Gasteiger partial charge is 0.293 e. The predicted octanol–water partition coefficient (Wildman–Crippen LogP) is 2.00. The lowest BCUT2D eigenvalue weighted by Crippen LogP contribution is -2.30. The lowest BCUT2D eigenvalue weighted by atomic mass is 10.1. The summed E-state index contributed by atoms with van der Waals surface area (Å²) in [7, 11) is 0. The summed E-state index contributed by atoms with van der Waals surface area (Å²) < 4.78 is 0. The Hall–Kier alpha value is -2.13. The van der Waals surface area contributed by atoms with Crippen molar-refractivity contribution < 1.29 is 4.92 Å². The quantitative estimate of drug-likeness (QED) is 0.622. The zero-order valence-corrected chi connectivity index (χ0v) is 11.6. The van der Waals surface area contributed by atoms with Gasteiger partial charge in [-0.25, -0.2) is 0 Å². The zero-order valence-electron chi connectivity index (χ0n) is 11.6. The van der Waals surface area contributed by atoms with Crippen LogP contribution in [-0.2, 0) is 0 Å². The van der Waals surface area contributed by atoms with E-state index >= 15 is 0 Å². The van der Waals surface area contributed by atoms with Crippen molar-refractivity contribution in [1.82, 2.24) is 4.90 Å². The summed E-state index contributed by atoms with van der Waals surface area (Å²) in [5, 5.41) is 20.1. The molecule has 0 amide bonds. The van der Waals surface area contributed by atoms with Gasteiger partial charge in [-0.3, -0.25) is 10.1 Å². The Kier molecular flexibility index (Phi) is 4.53. The van der Waals surface area contributed by atoms with Gasteiger partial charge in [-0.2, -0.15) is 5.26 Å². The summed E-state index contributed by atoms with van der Waals surface area (Å²) in [4.78, 5) is 15.2. The number of hydrogen-bond donors (Lipinski definition) is 0. The van der Waals surface area contributed by atoms with E-state index in [2.05, 4.69) is 16.7 Å². The fourth-order valence-electron chi connectivity index (χ4n) is 2.53. The van der Waals surface area contributed by atoms with Crippen molar-refractivity contribution in [3.8, 4) is 6.07 Å². The molecule has 0 unspecified atom stereocenters. The van der Waals surface area contributed by atoms with Crippen LogP contribution in [0.15, 0.2) is 18.2 Å². The number of nitro benzene ring substituents is 1. The van der Waals surface area contributed by atoms with E-state index in [-0.39, 0.29) is 5.69 Å². The second-order valence-corrected chi connectivity index (χ2v) is 4.85. The van der Waals surface area contributed by atoms with E-state index < -0.39 is 4.92 Å². The van der Waals surface area contributed by atoms with Crippen LogP contribution in [0.2, 0.25) is 0 Å². The first-order chi connectivity index (χ1) is 9.65. The van der Waals surface area contributed by atoms with Crippen molar-refractivity contribution >= 4 is 11.4 Å². The van der Waals surface area contributed by atoms with Crippen molar-refractivity contribution in [2.24, 2.45) is 0 Å². The van der Waals surface area contributed by atoms with Crippen molar-refractivity contribution in [2.75, 3.05) is 37.6 Å². The average molecular weight is 274 g/mol. The van der Waals surface area contributed by atoms with Crippen LogP contribution in [0, 0.1) is 21.4 Å². The summed E-state index contributed by atoms with van der Waals surface area (Å²) in [5.74, 6) is 0. The molecule has 0 aliphatic carbocycles. The van der Waals surface area contributed by atoms with E-state index in [0.717, 1.165) is 39.1 Å².